The molecule has 11 heteroatoms. The number of nitrogens with one attached hydrogen (secondary N) is 1. The zero-order chi connectivity index (χ0) is 21.9. The van der Waals surface area contributed by atoms with Crippen molar-refractivity contribution < 1.29 is 22.7 Å². The Bertz CT molecular complexity index is 1040. The van der Waals surface area contributed by atoms with E-state index in [1.54, 1.807) is 19.2 Å². The van der Waals surface area contributed by atoms with Gasteiger partial charge in [-0.05, 0) is 37.8 Å². The van der Waals surface area contributed by atoms with Crippen LogP contribution in [-0.4, -0.2) is 38.1 Å². The highest BCUT2D eigenvalue weighted by molar-refractivity contribution is 7.89. The number of carbonyl (C=O) groups excluding carboxylic acids is 2. The first-order chi connectivity index (χ1) is 14.2. The summed E-state index contributed by atoms with van der Waals surface area (Å²) >= 11 is 1.42. The van der Waals surface area contributed by atoms with Gasteiger partial charge < -0.3 is 16.2 Å². The van der Waals surface area contributed by atoms with Crippen molar-refractivity contribution in [2.45, 2.75) is 49.5 Å². The SMILES string of the molecule is CCNS(=O)(=O)c1cc(C(N)=O)ccc1-c1cnc(C2CCC(OC(N)=O)CC2)s1. The van der Waals surface area contributed by atoms with Gasteiger partial charge in [-0.2, -0.15) is 0 Å². The van der Waals surface area contributed by atoms with E-state index < -0.39 is 22.0 Å². The van der Waals surface area contributed by atoms with E-state index in [4.69, 9.17) is 16.2 Å². The number of hydrogen-bond acceptors (Lipinski definition) is 7. The van der Waals surface area contributed by atoms with Gasteiger partial charge in [0.05, 0.1) is 14.8 Å². The second-order valence-electron chi connectivity index (χ2n) is 7.05. The predicted molar refractivity (Wildman–Crippen MR) is 113 cm³/mol. The molecule has 0 aliphatic heterocycles. The van der Waals surface area contributed by atoms with Crippen LogP contribution in [0.1, 0.15) is 53.9 Å². The van der Waals surface area contributed by atoms with Gasteiger partial charge in [-0.25, -0.2) is 22.9 Å². The minimum atomic E-state index is -3.82. The molecule has 0 bridgehead atoms. The van der Waals surface area contributed by atoms with Gasteiger partial charge in [-0.1, -0.05) is 13.0 Å². The van der Waals surface area contributed by atoms with E-state index in [9.17, 15) is 18.0 Å². The van der Waals surface area contributed by atoms with E-state index >= 15 is 0 Å². The van der Waals surface area contributed by atoms with Gasteiger partial charge >= 0.3 is 6.09 Å². The lowest BCUT2D eigenvalue weighted by molar-refractivity contribution is 0.0787. The number of benzene rings is 1. The van der Waals surface area contributed by atoms with E-state index in [1.165, 1.54) is 23.5 Å². The van der Waals surface area contributed by atoms with Crippen LogP contribution in [0.2, 0.25) is 0 Å². The molecule has 1 aliphatic carbocycles. The van der Waals surface area contributed by atoms with Gasteiger partial charge in [0, 0.05) is 29.8 Å². The highest BCUT2D eigenvalue weighted by Gasteiger charge is 2.27. The van der Waals surface area contributed by atoms with Crippen LogP contribution in [0, 0.1) is 0 Å². The Morgan fingerprint density at radius 2 is 1.93 bits per heavy atom. The summed E-state index contributed by atoms with van der Waals surface area (Å²) in [5.41, 5.74) is 11.0. The van der Waals surface area contributed by atoms with Crippen molar-refractivity contribution in [2.24, 2.45) is 11.5 Å². The van der Waals surface area contributed by atoms with E-state index in [-0.39, 0.29) is 29.0 Å². The molecule has 0 spiro atoms. The lowest BCUT2D eigenvalue weighted by Crippen LogP contribution is -2.26. The molecule has 1 aliphatic rings. The van der Waals surface area contributed by atoms with Crippen LogP contribution in [0.4, 0.5) is 4.79 Å². The van der Waals surface area contributed by atoms with E-state index in [0.29, 0.717) is 23.3 Å². The minimum Gasteiger partial charge on any atom is -0.446 e. The number of sulfonamides is 1. The molecule has 0 atom stereocenters. The topological polar surface area (TPSA) is 154 Å². The van der Waals surface area contributed by atoms with Gasteiger partial charge in [-0.15, -0.1) is 11.3 Å². The summed E-state index contributed by atoms with van der Waals surface area (Å²) in [6, 6.07) is 4.38. The van der Waals surface area contributed by atoms with Gasteiger partial charge in [0.1, 0.15) is 6.10 Å². The van der Waals surface area contributed by atoms with Crippen molar-refractivity contribution in [3.63, 3.8) is 0 Å². The Balaban J connectivity index is 1.88. The maximum absolute atomic E-state index is 12.7. The van der Waals surface area contributed by atoms with Crippen LogP contribution in [0.15, 0.2) is 29.3 Å². The number of thiazole rings is 1. The smallest absolute Gasteiger partial charge is 0.404 e. The molecular formula is C19H24N4O5S2. The van der Waals surface area contributed by atoms with Crippen LogP contribution in [0.3, 0.4) is 0 Å². The third-order valence-corrected chi connectivity index (χ3v) is 7.76. The maximum atomic E-state index is 12.7. The summed E-state index contributed by atoms with van der Waals surface area (Å²) in [5.74, 6) is -0.496. The van der Waals surface area contributed by atoms with E-state index in [2.05, 4.69) is 9.71 Å². The number of hydrogen-bond donors (Lipinski definition) is 3. The fourth-order valence-corrected chi connectivity index (χ4v) is 6.04. The van der Waals surface area contributed by atoms with E-state index in [0.717, 1.165) is 17.8 Å². The van der Waals surface area contributed by atoms with Crippen molar-refractivity contribution in [3.05, 3.63) is 35.0 Å². The van der Waals surface area contributed by atoms with Crippen LogP contribution in [0.5, 0.6) is 0 Å². The first-order valence-corrected chi connectivity index (χ1v) is 11.9. The molecule has 5 N–H and O–H groups in total. The average molecular weight is 453 g/mol. The minimum absolute atomic E-state index is 0.00517. The van der Waals surface area contributed by atoms with Crippen LogP contribution in [0.25, 0.3) is 10.4 Å². The fraction of sp³-hybridized carbons (Fsp3) is 0.421. The standard InChI is InChI=1S/C19H24N4O5S2/c1-2-23-30(26,27)16-9-12(17(20)24)5-8-14(16)15-10-22-18(29-15)11-3-6-13(7-4-11)28-19(21)25/h5,8-11,13,23H,2-4,6-7H2,1H3,(H2,20,24)(H2,21,25). The van der Waals surface area contributed by atoms with Gasteiger partial charge in [0.2, 0.25) is 15.9 Å². The molecule has 162 valence electrons. The summed E-state index contributed by atoms with van der Waals surface area (Å²) in [4.78, 5) is 27.7. The highest BCUT2D eigenvalue weighted by atomic mass is 32.2. The van der Waals surface area contributed by atoms with Gasteiger partial charge in [0.15, 0.2) is 0 Å². The third-order valence-electron chi connectivity index (χ3n) is 4.99. The van der Waals surface area contributed by atoms with Crippen LogP contribution < -0.4 is 16.2 Å². The molecule has 0 radical (unpaired) electrons. The van der Waals surface area contributed by atoms with Crippen molar-refractivity contribution in [2.75, 3.05) is 6.54 Å². The number of nitrogens with zero attached hydrogens (tertiary/aromatic N) is 1. The highest BCUT2D eigenvalue weighted by Crippen LogP contribution is 2.39. The lowest BCUT2D eigenvalue weighted by atomic mass is 9.88. The Morgan fingerprint density at radius 1 is 1.23 bits per heavy atom. The Hall–Kier alpha value is -2.50. The molecule has 30 heavy (non-hydrogen) atoms. The number of primary amides is 2. The molecule has 1 aromatic heterocycles. The van der Waals surface area contributed by atoms with Crippen LogP contribution in [-0.2, 0) is 14.8 Å². The maximum Gasteiger partial charge on any atom is 0.404 e. The first-order valence-electron chi connectivity index (χ1n) is 9.57. The third kappa shape index (κ3) is 4.97. The van der Waals surface area contributed by atoms with Crippen molar-refractivity contribution in [1.82, 2.24) is 9.71 Å². The molecule has 0 saturated heterocycles. The predicted octanol–water partition coefficient (Wildman–Crippen LogP) is 2.33. The molecule has 1 saturated carbocycles. The largest absolute Gasteiger partial charge is 0.446 e. The average Bonchev–Trinajstić information content (AvgIpc) is 3.17. The summed E-state index contributed by atoms with van der Waals surface area (Å²) in [6.45, 7) is 1.89. The first kappa shape index (κ1) is 22.2. The van der Waals surface area contributed by atoms with Crippen molar-refractivity contribution >= 4 is 33.4 Å². The molecule has 9 nitrogen and oxygen atoms in total. The fourth-order valence-electron chi connectivity index (χ4n) is 3.56. The molecule has 1 heterocycles. The zero-order valence-electron chi connectivity index (χ0n) is 16.5. The molecule has 0 unspecified atom stereocenters. The van der Waals surface area contributed by atoms with Gasteiger partial charge in [0.25, 0.3) is 0 Å². The zero-order valence-corrected chi connectivity index (χ0v) is 18.1. The number of aromatic nitrogens is 1. The van der Waals surface area contributed by atoms with Crippen molar-refractivity contribution in [3.8, 4) is 10.4 Å². The number of rotatable bonds is 7. The lowest BCUT2D eigenvalue weighted by Gasteiger charge is -2.26. The molecule has 3 rings (SSSR count). The second kappa shape index (κ2) is 9.11. The molecular weight excluding hydrogens is 428 g/mol. The van der Waals surface area contributed by atoms with E-state index in [1.807, 2.05) is 0 Å². The number of nitrogens with two attached hydrogens (primary N) is 2. The molecule has 2 aromatic rings. The summed E-state index contributed by atoms with van der Waals surface area (Å²) in [6.07, 6.45) is 3.73. The second-order valence-corrected chi connectivity index (χ2v) is 9.85. The number of amides is 2. The number of carbonyl (C=O) groups is 2. The summed E-state index contributed by atoms with van der Waals surface area (Å²) in [5, 5.41) is 0.897. The Morgan fingerprint density at radius 3 is 2.53 bits per heavy atom. The Kier molecular flexibility index (Phi) is 6.74. The monoisotopic (exact) mass is 452 g/mol. The molecule has 1 aromatic carbocycles. The molecule has 2 amide bonds. The van der Waals surface area contributed by atoms with Crippen LogP contribution >= 0.6 is 11.3 Å². The van der Waals surface area contributed by atoms with Crippen molar-refractivity contribution in [1.29, 1.82) is 0 Å². The quantitative estimate of drug-likeness (QED) is 0.586. The summed E-state index contributed by atoms with van der Waals surface area (Å²) < 4.78 is 32.9. The number of ether oxygens (including phenoxy) is 1. The van der Waals surface area contributed by atoms with Gasteiger partial charge in [-0.3, -0.25) is 4.79 Å². The molecule has 1 fully saturated rings. The Labute approximate surface area is 178 Å². The normalized spacial score (nSPS) is 19.4. The summed E-state index contributed by atoms with van der Waals surface area (Å²) in [7, 11) is -3.82.